The highest BCUT2D eigenvalue weighted by Crippen LogP contribution is 2.43. The summed E-state index contributed by atoms with van der Waals surface area (Å²) >= 11 is 0. The summed E-state index contributed by atoms with van der Waals surface area (Å²) in [5.74, 6) is 2.03. The molecule has 0 radical (unpaired) electrons. The van der Waals surface area contributed by atoms with Gasteiger partial charge in [-0.1, -0.05) is 31.2 Å². The average Bonchev–Trinajstić information content (AvgIpc) is 3.83. The van der Waals surface area contributed by atoms with E-state index in [9.17, 15) is 19.5 Å². The number of fused-ring (bicyclic) bond motifs is 2. The molecule has 5 atom stereocenters. The van der Waals surface area contributed by atoms with E-state index in [-0.39, 0.29) is 23.4 Å². The summed E-state index contributed by atoms with van der Waals surface area (Å²) in [5, 5.41) is 15.6. The highest BCUT2D eigenvalue weighted by atomic mass is 16.3. The first kappa shape index (κ1) is 46.1. The van der Waals surface area contributed by atoms with Crippen molar-refractivity contribution >= 4 is 34.7 Å². The molecule has 5 aliphatic rings. The molecule has 358 valence electrons. The van der Waals surface area contributed by atoms with Crippen LogP contribution >= 0.6 is 0 Å². The van der Waals surface area contributed by atoms with Gasteiger partial charge >= 0.3 is 5.69 Å². The van der Waals surface area contributed by atoms with Gasteiger partial charge in [0.25, 0.3) is 5.91 Å². The molecule has 0 bridgehead atoms. The number of hydrogen-bond acceptors (Lipinski definition) is 10. The Kier molecular flexibility index (Phi) is 13.1. The first-order valence-corrected chi connectivity index (χ1v) is 25.1. The van der Waals surface area contributed by atoms with Gasteiger partial charge in [-0.25, -0.2) is 9.78 Å². The first-order chi connectivity index (χ1) is 32.9. The van der Waals surface area contributed by atoms with Crippen LogP contribution in [0.2, 0.25) is 0 Å². The van der Waals surface area contributed by atoms with Gasteiger partial charge in [-0.05, 0) is 142 Å². The number of nitrogens with one attached hydrogen (secondary N) is 2. The fourth-order valence-corrected chi connectivity index (χ4v) is 12.0. The number of carbonyl (C=O) groups is 2. The molecular weight excluding hydrogens is 853 g/mol. The van der Waals surface area contributed by atoms with Crippen molar-refractivity contribution in [2.45, 2.75) is 102 Å². The van der Waals surface area contributed by atoms with Gasteiger partial charge in [-0.2, -0.15) is 0 Å². The number of nitrogens with zero attached hydrogens (tertiary/aromatic N) is 8. The Morgan fingerprint density at radius 1 is 0.882 bits per heavy atom. The van der Waals surface area contributed by atoms with Crippen LogP contribution in [0.15, 0.2) is 83.4 Å². The molecule has 2 amide bonds. The molecule has 10 rings (SSSR count). The zero-order chi connectivity index (χ0) is 47.2. The van der Waals surface area contributed by atoms with Crippen LogP contribution in [0.4, 0.5) is 5.82 Å². The van der Waals surface area contributed by atoms with E-state index in [0.717, 1.165) is 124 Å². The number of anilines is 1. The lowest BCUT2D eigenvalue weighted by Crippen LogP contribution is -2.53. The monoisotopic (exact) mass is 921 g/mol. The Morgan fingerprint density at radius 3 is 2.37 bits per heavy atom. The first-order valence-electron chi connectivity index (χ1n) is 25.1. The van der Waals surface area contributed by atoms with Crippen LogP contribution in [0.25, 0.3) is 28.2 Å². The van der Waals surface area contributed by atoms with Gasteiger partial charge in [0.15, 0.2) is 0 Å². The number of hydrogen-bond donors (Lipinski definition) is 3. The number of piperazine rings is 1. The van der Waals surface area contributed by atoms with Gasteiger partial charge in [-0.3, -0.25) is 38.4 Å². The molecule has 7 heterocycles. The van der Waals surface area contributed by atoms with Crippen LogP contribution in [-0.4, -0.2) is 133 Å². The molecule has 2 aromatic carbocycles. The topological polar surface area (TPSA) is 144 Å². The zero-order valence-corrected chi connectivity index (χ0v) is 40.4. The van der Waals surface area contributed by atoms with E-state index in [0.29, 0.717) is 36.8 Å². The fraction of sp³-hybridized carbons (Fsp3) is 0.500. The maximum atomic E-state index is 13.8. The third-order valence-electron chi connectivity index (χ3n) is 16.2. The van der Waals surface area contributed by atoms with Gasteiger partial charge in [0.1, 0.15) is 18.1 Å². The van der Waals surface area contributed by atoms with Crippen LogP contribution < -0.4 is 16.3 Å². The molecule has 68 heavy (non-hydrogen) atoms. The fourth-order valence-electron chi connectivity index (χ4n) is 12.0. The maximum absolute atomic E-state index is 13.8. The van der Waals surface area contributed by atoms with Crippen molar-refractivity contribution in [1.29, 1.82) is 0 Å². The van der Waals surface area contributed by atoms with Gasteiger partial charge < -0.3 is 20.6 Å². The zero-order valence-electron chi connectivity index (χ0n) is 40.4. The second kappa shape index (κ2) is 19.4. The second-order valence-corrected chi connectivity index (χ2v) is 20.3. The molecule has 2 unspecified atom stereocenters. The number of benzene rings is 2. The molecule has 1 aliphatic carbocycles. The molecule has 3 N–H and O–H groups in total. The quantitative estimate of drug-likeness (QED) is 0.136. The van der Waals surface area contributed by atoms with Crippen molar-refractivity contribution in [2.75, 3.05) is 64.7 Å². The lowest BCUT2D eigenvalue weighted by molar-refractivity contribution is -0.130. The van der Waals surface area contributed by atoms with Gasteiger partial charge in [-0.15, -0.1) is 0 Å². The van der Waals surface area contributed by atoms with Crippen molar-refractivity contribution in [3.05, 3.63) is 117 Å². The molecular formula is C54H68N10O4. The Bertz CT molecular complexity index is 2730. The second-order valence-electron chi connectivity index (χ2n) is 20.3. The van der Waals surface area contributed by atoms with Crippen LogP contribution in [0.1, 0.15) is 110 Å². The van der Waals surface area contributed by atoms with E-state index in [4.69, 9.17) is 4.98 Å². The Labute approximate surface area is 400 Å². The van der Waals surface area contributed by atoms with Crippen LogP contribution in [-0.2, 0) is 18.4 Å². The lowest BCUT2D eigenvalue weighted by Gasteiger charge is -2.42. The molecule has 5 aromatic rings. The number of pyridine rings is 2. The maximum Gasteiger partial charge on any atom is 0.329 e. The number of likely N-dealkylation sites (tertiary alicyclic amines) is 2. The van der Waals surface area contributed by atoms with Gasteiger partial charge in [0.05, 0.1) is 16.7 Å². The molecule has 4 saturated heterocycles. The third kappa shape index (κ3) is 9.03. The van der Waals surface area contributed by atoms with E-state index in [1.807, 2.05) is 31.6 Å². The van der Waals surface area contributed by atoms with Crippen LogP contribution in [0, 0.1) is 5.92 Å². The largest absolute Gasteiger partial charge is 0.374 e. The van der Waals surface area contributed by atoms with E-state index in [1.165, 1.54) is 22.3 Å². The number of aliphatic hydroxyl groups excluding tert-OH is 1. The number of piperidine rings is 3. The summed E-state index contributed by atoms with van der Waals surface area (Å²) in [6.45, 7) is 15.5. The number of aryl methyl sites for hydroxylation is 1. The van der Waals surface area contributed by atoms with Crippen molar-refractivity contribution in [3.63, 3.8) is 0 Å². The van der Waals surface area contributed by atoms with Gasteiger partial charge in [0, 0.05) is 107 Å². The van der Waals surface area contributed by atoms with E-state index >= 15 is 0 Å². The van der Waals surface area contributed by atoms with E-state index < -0.39 is 12.3 Å². The van der Waals surface area contributed by atoms with E-state index in [1.54, 1.807) is 16.2 Å². The highest BCUT2D eigenvalue weighted by Gasteiger charge is 2.35. The van der Waals surface area contributed by atoms with Crippen LogP contribution in [0.3, 0.4) is 0 Å². The van der Waals surface area contributed by atoms with Crippen molar-refractivity contribution in [2.24, 2.45) is 13.0 Å². The molecule has 4 aliphatic heterocycles. The predicted molar refractivity (Wildman–Crippen MR) is 267 cm³/mol. The highest BCUT2D eigenvalue weighted by molar-refractivity contribution is 5.94. The summed E-state index contributed by atoms with van der Waals surface area (Å²) in [5.41, 5.74) is 10.7. The summed E-state index contributed by atoms with van der Waals surface area (Å²) in [4.78, 5) is 59.0. The lowest BCUT2D eigenvalue weighted by atomic mass is 9.87. The van der Waals surface area contributed by atoms with Crippen molar-refractivity contribution < 1.29 is 14.7 Å². The smallest absolute Gasteiger partial charge is 0.329 e. The molecule has 3 aromatic heterocycles. The van der Waals surface area contributed by atoms with E-state index in [2.05, 4.69) is 111 Å². The summed E-state index contributed by atoms with van der Waals surface area (Å²) in [7, 11) is 3.65. The Balaban J connectivity index is 0.673. The minimum Gasteiger partial charge on any atom is -0.374 e. The van der Waals surface area contributed by atoms with Gasteiger partial charge in [0.2, 0.25) is 5.91 Å². The minimum absolute atomic E-state index is 0.151. The Hall–Kier alpha value is -5.67. The summed E-state index contributed by atoms with van der Waals surface area (Å²) in [6.07, 6.45) is 10.5. The Morgan fingerprint density at radius 2 is 1.66 bits per heavy atom. The molecule has 14 nitrogen and oxygen atoms in total. The standard InChI is InChI=1S/C54H68N10O4/c1-34-31-60(32-38-6-12-46-48(28-38)59(5)54(68)64(46)47-13-15-50(65)58-52(47)66)26-27-63(34)33-37-17-22-62(23-18-37)53(67)41-9-7-39(8-10-41)40-19-24-61(25-20-40)36(3)44-29-45-43(16-21-56-51(45)35(44)2)42-11-14-49(55-4)57-30-42/h6-12,14,16,21,28-30,34-37,40,47,50,65H,13,15,17-20,22-27,31-33H2,1-5H3,(H,55,57)(H,58,66)/t34-,35?,36-,47+,50?/m0/s1. The van der Waals surface area contributed by atoms with Crippen LogP contribution in [0.5, 0.6) is 0 Å². The van der Waals surface area contributed by atoms with Crippen molar-refractivity contribution in [1.82, 2.24) is 44.0 Å². The SMILES string of the molecule is CNc1ccc(-c2ccnc3c2C=C([C@H](C)N2CCC(c4ccc(C(=O)N5CCC(CN6CCN(Cc7ccc8c(c7)n(C)c(=O)n8[C@@H]7CCC(O)NC7=O)C[C@@H]6C)CC5)cc4)CC2)C3C)cn1. The number of aliphatic hydroxyl groups is 1. The number of rotatable bonds is 11. The normalized spacial score (nSPS) is 23.9. The minimum atomic E-state index is -0.862. The number of carbonyl (C=O) groups excluding carboxylic acids is 2. The summed E-state index contributed by atoms with van der Waals surface area (Å²) in [6, 6.07) is 21.0. The molecule has 0 saturated carbocycles. The number of aromatic nitrogens is 4. The number of imidazole rings is 1. The third-order valence-corrected chi connectivity index (χ3v) is 16.2. The molecule has 4 fully saturated rings. The predicted octanol–water partition coefficient (Wildman–Crippen LogP) is 6.44. The molecule has 14 heteroatoms. The summed E-state index contributed by atoms with van der Waals surface area (Å²) < 4.78 is 3.21. The van der Waals surface area contributed by atoms with Crippen molar-refractivity contribution in [3.8, 4) is 11.1 Å². The number of amides is 2. The molecule has 0 spiro atoms. The average molecular weight is 921 g/mol.